The summed E-state index contributed by atoms with van der Waals surface area (Å²) in [6.07, 6.45) is 2.12. The Hall–Kier alpha value is -4.04. The van der Waals surface area contributed by atoms with Crippen molar-refractivity contribution in [1.29, 1.82) is 0 Å². The lowest BCUT2D eigenvalue weighted by atomic mass is 10.0. The van der Waals surface area contributed by atoms with E-state index in [1.807, 2.05) is 0 Å². The van der Waals surface area contributed by atoms with E-state index in [-0.39, 0.29) is 36.8 Å². The van der Waals surface area contributed by atoms with Crippen LogP contribution in [0.4, 0.5) is 0 Å². The maximum absolute atomic E-state index is 13.6. The van der Waals surface area contributed by atoms with Gasteiger partial charge in [-0.3, -0.25) is 29.1 Å². The molecule has 0 spiro atoms. The zero-order valence-electron chi connectivity index (χ0n) is 24.6. The monoisotopic (exact) mass is 590 g/mol. The van der Waals surface area contributed by atoms with Crippen molar-refractivity contribution in [3.63, 3.8) is 0 Å². The molecule has 1 aromatic rings. The Balaban J connectivity index is 3.20. The fraction of sp³-hybridized carbons (Fsp3) is 0.571. The third-order valence-electron chi connectivity index (χ3n) is 6.38. The maximum atomic E-state index is 13.6. The van der Waals surface area contributed by atoms with Crippen LogP contribution in [0.15, 0.2) is 35.3 Å². The van der Waals surface area contributed by atoms with Crippen LogP contribution in [0.5, 0.6) is 0 Å². The number of aliphatic imine (C=N–C) groups is 1. The largest absolute Gasteiger partial charge is 0.480 e. The van der Waals surface area contributed by atoms with Crippen LogP contribution in [0.25, 0.3) is 0 Å². The van der Waals surface area contributed by atoms with Gasteiger partial charge in [0, 0.05) is 12.1 Å². The number of nitrogens with one attached hydrogen (secondary N) is 2. The fourth-order valence-electron chi connectivity index (χ4n) is 4.15. The molecule has 0 saturated carbocycles. The normalized spacial score (nSPS) is 13.8. The average Bonchev–Trinajstić information content (AvgIpc) is 2.93. The molecule has 0 aliphatic rings. The Labute approximate surface area is 246 Å². The molecule has 0 radical (unpaired) electrons. The number of imide groups is 1. The predicted molar refractivity (Wildman–Crippen MR) is 159 cm³/mol. The lowest BCUT2D eigenvalue weighted by Crippen LogP contribution is -2.58. The van der Waals surface area contributed by atoms with Gasteiger partial charge in [0.25, 0.3) is 11.8 Å². The van der Waals surface area contributed by atoms with E-state index in [0.717, 1.165) is 0 Å². The van der Waals surface area contributed by atoms with E-state index in [0.29, 0.717) is 37.1 Å². The molecule has 0 aliphatic carbocycles. The van der Waals surface area contributed by atoms with Crippen LogP contribution in [0.2, 0.25) is 0 Å². The minimum Gasteiger partial charge on any atom is -0.480 e. The highest BCUT2D eigenvalue weighted by Gasteiger charge is 2.38. The Morgan fingerprint density at radius 1 is 0.929 bits per heavy atom. The topological polar surface area (TPSA) is 249 Å². The number of nitrogens with two attached hydrogens (primary N) is 4. The minimum atomic E-state index is -1.47. The van der Waals surface area contributed by atoms with Gasteiger partial charge >= 0.3 is 5.97 Å². The summed E-state index contributed by atoms with van der Waals surface area (Å²) in [6, 6.07) is 3.05. The number of unbranched alkanes of at least 4 members (excludes halogenated alkanes) is 1. The van der Waals surface area contributed by atoms with E-state index in [2.05, 4.69) is 15.6 Å². The maximum Gasteiger partial charge on any atom is 0.326 e. The highest BCUT2D eigenvalue weighted by Crippen LogP contribution is 2.18. The van der Waals surface area contributed by atoms with Gasteiger partial charge in [0.1, 0.15) is 18.1 Å². The first-order chi connectivity index (χ1) is 19.8. The first-order valence-electron chi connectivity index (χ1n) is 14.1. The van der Waals surface area contributed by atoms with Gasteiger partial charge < -0.3 is 38.7 Å². The molecule has 0 saturated heterocycles. The van der Waals surface area contributed by atoms with Crippen LogP contribution in [0.1, 0.15) is 69.7 Å². The second-order valence-corrected chi connectivity index (χ2v) is 10.5. The summed E-state index contributed by atoms with van der Waals surface area (Å²) in [5, 5.41) is 15.1. The predicted octanol–water partition coefficient (Wildman–Crippen LogP) is -0.346. The lowest BCUT2D eigenvalue weighted by molar-refractivity contribution is -0.149. The molecule has 14 nitrogen and oxygen atoms in total. The van der Waals surface area contributed by atoms with E-state index in [4.69, 9.17) is 22.9 Å². The summed E-state index contributed by atoms with van der Waals surface area (Å²) in [6.45, 7) is 5.53. The van der Waals surface area contributed by atoms with E-state index >= 15 is 0 Å². The van der Waals surface area contributed by atoms with Gasteiger partial charge in [0.2, 0.25) is 11.8 Å². The third kappa shape index (κ3) is 12.2. The Morgan fingerprint density at radius 2 is 1.57 bits per heavy atom. The molecule has 1 aromatic carbocycles. The number of carboxylic acids is 1. The Bertz CT molecular complexity index is 1080. The molecule has 0 aliphatic heterocycles. The minimum absolute atomic E-state index is 0.00579. The molecule has 0 aromatic heterocycles. The van der Waals surface area contributed by atoms with E-state index in [1.54, 1.807) is 32.0 Å². The zero-order valence-corrected chi connectivity index (χ0v) is 24.6. The van der Waals surface area contributed by atoms with Crippen LogP contribution < -0.4 is 33.6 Å². The van der Waals surface area contributed by atoms with Gasteiger partial charge in [-0.25, -0.2) is 4.79 Å². The molecule has 11 N–H and O–H groups in total. The molecule has 0 heterocycles. The standard InChI is InChI=1S/C28H46N8O6/c1-17(2)16-22(27(41)42)36(26(40)19-10-5-4-6-11-19)25(39)18(3)34-24(38)21(13-9-15-33-28(31)32)35-23(37)20(30)12-7-8-14-29/h4-6,10-11,17-18,20-22H,7-9,12-16,29-30H2,1-3H3,(H,34,38)(H,35,37)(H,41,42)(H4,31,32,33)/t18-,20-,21-,22-/m0/s1. The summed E-state index contributed by atoms with van der Waals surface area (Å²) in [5.41, 5.74) is 22.3. The van der Waals surface area contributed by atoms with Crippen molar-refractivity contribution in [2.24, 2.45) is 33.8 Å². The van der Waals surface area contributed by atoms with Gasteiger partial charge in [0.15, 0.2) is 5.96 Å². The number of hydrogen-bond donors (Lipinski definition) is 7. The molecular weight excluding hydrogens is 544 g/mol. The lowest BCUT2D eigenvalue weighted by Gasteiger charge is -2.31. The quantitative estimate of drug-likeness (QED) is 0.0665. The Kier molecular flexibility index (Phi) is 15.8. The number of aliphatic carboxylic acids is 1. The molecule has 4 atom stereocenters. The van der Waals surface area contributed by atoms with E-state index < -0.39 is 53.8 Å². The summed E-state index contributed by atoms with van der Waals surface area (Å²) in [5.74, 6) is -4.63. The van der Waals surface area contributed by atoms with Gasteiger partial charge in [-0.2, -0.15) is 0 Å². The smallest absolute Gasteiger partial charge is 0.326 e. The van der Waals surface area contributed by atoms with Crippen molar-refractivity contribution in [3.8, 4) is 0 Å². The van der Waals surface area contributed by atoms with E-state index in [1.165, 1.54) is 19.1 Å². The molecule has 234 valence electrons. The second-order valence-electron chi connectivity index (χ2n) is 10.5. The van der Waals surface area contributed by atoms with Crippen molar-refractivity contribution in [2.75, 3.05) is 13.1 Å². The van der Waals surface area contributed by atoms with Crippen LogP contribution in [-0.2, 0) is 19.2 Å². The number of carboxylic acid groups (broad SMARTS) is 1. The summed E-state index contributed by atoms with van der Waals surface area (Å²) in [4.78, 5) is 69.9. The molecule has 4 amide bonds. The van der Waals surface area contributed by atoms with Crippen LogP contribution in [0, 0.1) is 5.92 Å². The molecule has 0 bridgehead atoms. The highest BCUT2D eigenvalue weighted by atomic mass is 16.4. The van der Waals surface area contributed by atoms with Gasteiger partial charge in [-0.1, -0.05) is 38.5 Å². The summed E-state index contributed by atoms with van der Waals surface area (Å²) in [7, 11) is 0. The summed E-state index contributed by atoms with van der Waals surface area (Å²) >= 11 is 0. The van der Waals surface area contributed by atoms with E-state index in [9.17, 15) is 29.1 Å². The fourth-order valence-corrected chi connectivity index (χ4v) is 4.15. The van der Waals surface area contributed by atoms with Crippen LogP contribution in [-0.4, -0.2) is 82.8 Å². The van der Waals surface area contributed by atoms with Crippen LogP contribution >= 0.6 is 0 Å². The molecule has 1 rings (SSSR count). The highest BCUT2D eigenvalue weighted by molar-refractivity contribution is 6.09. The van der Waals surface area contributed by atoms with Crippen molar-refractivity contribution in [1.82, 2.24) is 15.5 Å². The van der Waals surface area contributed by atoms with Gasteiger partial charge in [-0.05, 0) is 63.6 Å². The van der Waals surface area contributed by atoms with Gasteiger partial charge in [-0.15, -0.1) is 0 Å². The molecule has 14 heteroatoms. The van der Waals surface area contributed by atoms with Crippen molar-refractivity contribution in [2.45, 2.75) is 83.5 Å². The Morgan fingerprint density at radius 3 is 2.12 bits per heavy atom. The number of hydrogen-bond acceptors (Lipinski definition) is 8. The number of nitrogens with zero attached hydrogens (tertiary/aromatic N) is 2. The number of carbonyl (C=O) groups excluding carboxylic acids is 4. The first-order valence-corrected chi connectivity index (χ1v) is 14.1. The third-order valence-corrected chi connectivity index (χ3v) is 6.38. The molecule has 42 heavy (non-hydrogen) atoms. The second kappa shape index (κ2) is 18.4. The van der Waals surface area contributed by atoms with Crippen molar-refractivity contribution >= 4 is 35.6 Å². The number of benzene rings is 1. The van der Waals surface area contributed by atoms with Gasteiger partial charge in [0.05, 0.1) is 6.04 Å². The summed E-state index contributed by atoms with van der Waals surface area (Å²) < 4.78 is 0. The molecule has 0 fully saturated rings. The molecule has 0 unspecified atom stereocenters. The number of guanidine groups is 1. The number of carbonyl (C=O) groups is 5. The number of rotatable bonds is 18. The van der Waals surface area contributed by atoms with Crippen molar-refractivity contribution < 1.29 is 29.1 Å². The first kappa shape index (κ1) is 36.0. The number of amides is 4. The average molecular weight is 591 g/mol. The van der Waals surface area contributed by atoms with Crippen molar-refractivity contribution in [3.05, 3.63) is 35.9 Å². The zero-order chi connectivity index (χ0) is 31.8. The van der Waals surface area contributed by atoms with Crippen LogP contribution in [0.3, 0.4) is 0 Å². The molecular formula is C28H46N8O6. The SMILES string of the molecule is CC(C)C[C@@H](C(=O)O)N(C(=O)c1ccccc1)C(=O)[C@H](C)NC(=O)[C@H](CCCN=C(N)N)NC(=O)[C@@H](N)CCCCN.